The van der Waals surface area contributed by atoms with Crippen LogP contribution in [0.1, 0.15) is 33.1 Å². The SMILES string of the molecule is CCC1CC(=O)N(CCC(=O)NCCOCCOCC(C)=O)C1=O. The molecule has 1 unspecified atom stereocenters. The molecule has 0 aromatic carbocycles. The molecule has 0 aromatic rings. The lowest BCUT2D eigenvalue weighted by Gasteiger charge is -2.14. The summed E-state index contributed by atoms with van der Waals surface area (Å²) in [5, 5.41) is 2.66. The van der Waals surface area contributed by atoms with Gasteiger partial charge < -0.3 is 14.8 Å². The molecule has 1 N–H and O–H groups in total. The van der Waals surface area contributed by atoms with E-state index in [4.69, 9.17) is 9.47 Å². The van der Waals surface area contributed by atoms with Gasteiger partial charge in [-0.3, -0.25) is 24.1 Å². The van der Waals surface area contributed by atoms with Crippen LogP contribution in [0.4, 0.5) is 0 Å². The minimum absolute atomic E-state index is 0.0394. The number of likely N-dealkylation sites (tertiary alicyclic amines) is 1. The Morgan fingerprint density at radius 2 is 1.92 bits per heavy atom. The summed E-state index contributed by atoms with van der Waals surface area (Å²) in [5.74, 6) is -0.883. The molecule has 1 aliphatic heterocycles. The monoisotopic (exact) mass is 342 g/mol. The third kappa shape index (κ3) is 7.18. The molecular weight excluding hydrogens is 316 g/mol. The molecule has 1 saturated heterocycles. The van der Waals surface area contributed by atoms with Crippen LogP contribution in [0.15, 0.2) is 0 Å². The molecule has 1 fully saturated rings. The predicted octanol–water partition coefficient (Wildman–Crippen LogP) is -0.1000. The second-order valence-electron chi connectivity index (χ2n) is 5.66. The largest absolute Gasteiger partial charge is 0.377 e. The summed E-state index contributed by atoms with van der Waals surface area (Å²) in [6.07, 6.45) is 0.979. The number of nitrogens with zero attached hydrogens (tertiary/aromatic N) is 1. The van der Waals surface area contributed by atoms with Gasteiger partial charge in [0.25, 0.3) is 0 Å². The lowest BCUT2D eigenvalue weighted by Crippen LogP contribution is -2.36. The number of Topliss-reactive ketones (excluding diaryl/α,β-unsaturated/α-hetero) is 1. The van der Waals surface area contributed by atoms with Gasteiger partial charge in [-0.1, -0.05) is 6.92 Å². The molecule has 1 heterocycles. The fourth-order valence-corrected chi connectivity index (χ4v) is 2.31. The number of imide groups is 1. The number of hydrogen-bond acceptors (Lipinski definition) is 6. The van der Waals surface area contributed by atoms with E-state index < -0.39 is 0 Å². The van der Waals surface area contributed by atoms with Crippen molar-refractivity contribution in [2.45, 2.75) is 33.1 Å². The van der Waals surface area contributed by atoms with Gasteiger partial charge in [-0.25, -0.2) is 0 Å². The van der Waals surface area contributed by atoms with E-state index in [0.29, 0.717) is 32.8 Å². The number of ether oxygens (including phenoxy) is 2. The average molecular weight is 342 g/mol. The van der Waals surface area contributed by atoms with Crippen LogP contribution in [-0.4, -0.2) is 67.9 Å². The number of rotatable bonds is 12. The van der Waals surface area contributed by atoms with Crippen LogP contribution in [0.25, 0.3) is 0 Å². The maximum absolute atomic E-state index is 11.9. The summed E-state index contributed by atoms with van der Waals surface area (Å²) in [6.45, 7) is 4.86. The molecule has 0 radical (unpaired) electrons. The van der Waals surface area contributed by atoms with E-state index >= 15 is 0 Å². The van der Waals surface area contributed by atoms with E-state index in [0.717, 1.165) is 0 Å². The second-order valence-corrected chi connectivity index (χ2v) is 5.66. The van der Waals surface area contributed by atoms with Crippen LogP contribution in [0.2, 0.25) is 0 Å². The lowest BCUT2D eigenvalue weighted by molar-refractivity contribution is -0.139. The number of ketones is 1. The van der Waals surface area contributed by atoms with Crippen molar-refractivity contribution < 1.29 is 28.7 Å². The number of nitrogens with one attached hydrogen (secondary N) is 1. The summed E-state index contributed by atoms with van der Waals surface area (Å²) in [6, 6.07) is 0. The summed E-state index contributed by atoms with van der Waals surface area (Å²) in [4.78, 5) is 47.1. The van der Waals surface area contributed by atoms with Gasteiger partial charge in [0, 0.05) is 31.8 Å². The third-order valence-electron chi connectivity index (χ3n) is 3.64. The number of amides is 3. The van der Waals surface area contributed by atoms with E-state index in [9.17, 15) is 19.2 Å². The van der Waals surface area contributed by atoms with Crippen molar-refractivity contribution in [3.8, 4) is 0 Å². The molecule has 3 amide bonds. The van der Waals surface area contributed by atoms with Crippen LogP contribution in [0, 0.1) is 5.92 Å². The molecule has 0 aliphatic carbocycles. The highest BCUT2D eigenvalue weighted by atomic mass is 16.5. The van der Waals surface area contributed by atoms with Crippen molar-refractivity contribution in [3.63, 3.8) is 0 Å². The second kappa shape index (κ2) is 10.9. The molecule has 1 aliphatic rings. The molecule has 8 heteroatoms. The Labute approximate surface area is 141 Å². The van der Waals surface area contributed by atoms with E-state index in [1.54, 1.807) is 0 Å². The molecule has 136 valence electrons. The van der Waals surface area contributed by atoms with Crippen LogP contribution < -0.4 is 5.32 Å². The predicted molar refractivity (Wildman–Crippen MR) is 85.1 cm³/mol. The first kappa shape index (κ1) is 20.2. The van der Waals surface area contributed by atoms with Gasteiger partial charge in [-0.2, -0.15) is 0 Å². The molecule has 1 rings (SSSR count). The minimum Gasteiger partial charge on any atom is -0.377 e. The highest BCUT2D eigenvalue weighted by Gasteiger charge is 2.36. The minimum atomic E-state index is -0.237. The van der Waals surface area contributed by atoms with Crippen molar-refractivity contribution in [3.05, 3.63) is 0 Å². The van der Waals surface area contributed by atoms with Gasteiger partial charge in [-0.15, -0.1) is 0 Å². The Morgan fingerprint density at radius 1 is 1.21 bits per heavy atom. The van der Waals surface area contributed by atoms with Crippen molar-refractivity contribution in [2.24, 2.45) is 5.92 Å². The van der Waals surface area contributed by atoms with Gasteiger partial charge in [0.1, 0.15) is 6.61 Å². The molecule has 1 atom stereocenters. The Hall–Kier alpha value is -1.80. The maximum Gasteiger partial charge on any atom is 0.232 e. The quantitative estimate of drug-likeness (QED) is 0.392. The van der Waals surface area contributed by atoms with Crippen molar-refractivity contribution >= 4 is 23.5 Å². The molecule has 0 aromatic heterocycles. The molecule has 24 heavy (non-hydrogen) atoms. The summed E-state index contributed by atoms with van der Waals surface area (Å²) < 4.78 is 10.3. The smallest absolute Gasteiger partial charge is 0.232 e. The average Bonchev–Trinajstić information content (AvgIpc) is 2.81. The topological polar surface area (TPSA) is 102 Å². The van der Waals surface area contributed by atoms with Gasteiger partial charge in [0.15, 0.2) is 5.78 Å². The molecule has 0 saturated carbocycles. The summed E-state index contributed by atoms with van der Waals surface area (Å²) in [7, 11) is 0. The first-order valence-electron chi connectivity index (χ1n) is 8.21. The number of hydrogen-bond donors (Lipinski definition) is 1. The Morgan fingerprint density at radius 3 is 2.54 bits per heavy atom. The summed E-state index contributed by atoms with van der Waals surface area (Å²) >= 11 is 0. The van der Waals surface area contributed by atoms with E-state index in [1.807, 2.05) is 6.92 Å². The van der Waals surface area contributed by atoms with Crippen LogP contribution >= 0.6 is 0 Å². The first-order valence-corrected chi connectivity index (χ1v) is 8.21. The van der Waals surface area contributed by atoms with Gasteiger partial charge in [0.05, 0.1) is 19.8 Å². The third-order valence-corrected chi connectivity index (χ3v) is 3.64. The van der Waals surface area contributed by atoms with Crippen LogP contribution in [0.5, 0.6) is 0 Å². The van der Waals surface area contributed by atoms with Crippen molar-refractivity contribution in [1.82, 2.24) is 10.2 Å². The zero-order chi connectivity index (χ0) is 17.9. The van der Waals surface area contributed by atoms with Crippen LogP contribution in [0.3, 0.4) is 0 Å². The molecular formula is C16H26N2O6. The number of carbonyl (C=O) groups is 4. The van der Waals surface area contributed by atoms with Crippen molar-refractivity contribution in [2.75, 3.05) is 39.5 Å². The van der Waals surface area contributed by atoms with E-state index in [2.05, 4.69) is 5.32 Å². The summed E-state index contributed by atoms with van der Waals surface area (Å²) in [5.41, 5.74) is 0. The highest BCUT2D eigenvalue weighted by Crippen LogP contribution is 2.22. The van der Waals surface area contributed by atoms with E-state index in [1.165, 1.54) is 11.8 Å². The Bertz CT molecular complexity index is 465. The maximum atomic E-state index is 11.9. The fourth-order valence-electron chi connectivity index (χ4n) is 2.31. The van der Waals surface area contributed by atoms with E-state index in [-0.39, 0.29) is 55.4 Å². The van der Waals surface area contributed by atoms with Gasteiger partial charge >= 0.3 is 0 Å². The fraction of sp³-hybridized carbons (Fsp3) is 0.750. The molecule has 0 bridgehead atoms. The highest BCUT2D eigenvalue weighted by molar-refractivity contribution is 6.03. The Kier molecular flexibility index (Phi) is 9.18. The van der Waals surface area contributed by atoms with Gasteiger partial charge in [0.2, 0.25) is 17.7 Å². The lowest BCUT2D eigenvalue weighted by atomic mass is 10.1. The normalized spacial score (nSPS) is 17.4. The molecule has 0 spiro atoms. The number of carbonyl (C=O) groups excluding carboxylic acids is 4. The van der Waals surface area contributed by atoms with Crippen LogP contribution in [-0.2, 0) is 28.7 Å². The Balaban J connectivity index is 2.05. The van der Waals surface area contributed by atoms with Crippen molar-refractivity contribution in [1.29, 1.82) is 0 Å². The van der Waals surface area contributed by atoms with Gasteiger partial charge in [-0.05, 0) is 13.3 Å². The zero-order valence-corrected chi connectivity index (χ0v) is 14.3. The standard InChI is InChI=1S/C16H26N2O6/c1-3-13-10-15(21)18(16(13)22)6-4-14(20)17-5-7-23-8-9-24-11-12(2)19/h13H,3-11H2,1-2H3,(H,17,20). The first-order chi connectivity index (χ1) is 11.5. The zero-order valence-electron chi connectivity index (χ0n) is 14.3. The molecule has 8 nitrogen and oxygen atoms in total.